The second-order valence-electron chi connectivity index (χ2n) is 6.58. The van der Waals surface area contributed by atoms with Crippen molar-refractivity contribution in [3.63, 3.8) is 0 Å². The Morgan fingerprint density at radius 1 is 0.800 bits per heavy atom. The van der Waals surface area contributed by atoms with Crippen LogP contribution in [0.25, 0.3) is 0 Å². The molecule has 0 aliphatic rings. The van der Waals surface area contributed by atoms with Gasteiger partial charge in [0.05, 0.1) is 41.0 Å². The molecule has 7 nitrogen and oxygen atoms in total. The average Bonchev–Trinajstić information content (AvgIpc) is 2.76. The fourth-order valence-electron chi connectivity index (χ4n) is 2.92. The van der Waals surface area contributed by atoms with Gasteiger partial charge in [-0.3, -0.25) is 4.79 Å². The third kappa shape index (κ3) is 5.95. The van der Waals surface area contributed by atoms with Gasteiger partial charge in [-0.2, -0.15) is 0 Å². The third-order valence-corrected chi connectivity index (χ3v) is 4.29. The molecule has 0 radical (unpaired) electrons. The maximum atomic E-state index is 12.7. The first-order valence-corrected chi connectivity index (χ1v) is 10.0. The molecule has 0 heterocycles. The lowest BCUT2D eigenvalue weighted by Crippen LogP contribution is -2.15. The molecular formula is C23H31NO6. The first-order chi connectivity index (χ1) is 14.6. The molecule has 2 rings (SSSR count). The van der Waals surface area contributed by atoms with E-state index in [1.165, 1.54) is 14.2 Å². The lowest BCUT2D eigenvalue weighted by Gasteiger charge is -2.16. The fraction of sp³-hybridized carbons (Fsp3) is 0.435. The quantitative estimate of drug-likeness (QED) is 0.549. The van der Waals surface area contributed by atoms with E-state index in [2.05, 4.69) is 5.32 Å². The van der Waals surface area contributed by atoms with E-state index in [-0.39, 0.29) is 12.3 Å². The van der Waals surface area contributed by atoms with Gasteiger partial charge in [-0.1, -0.05) is 19.9 Å². The summed E-state index contributed by atoms with van der Waals surface area (Å²) in [4.78, 5) is 12.7. The van der Waals surface area contributed by atoms with E-state index in [1.54, 1.807) is 31.4 Å². The van der Waals surface area contributed by atoms with Gasteiger partial charge in [0, 0.05) is 17.3 Å². The van der Waals surface area contributed by atoms with Crippen molar-refractivity contribution in [2.24, 2.45) is 0 Å². The Morgan fingerprint density at radius 3 is 2.03 bits per heavy atom. The zero-order chi connectivity index (χ0) is 21.9. The average molecular weight is 418 g/mol. The molecule has 0 spiro atoms. The van der Waals surface area contributed by atoms with Crippen molar-refractivity contribution in [3.05, 3.63) is 35.9 Å². The van der Waals surface area contributed by atoms with Crippen LogP contribution in [0.15, 0.2) is 30.3 Å². The van der Waals surface area contributed by atoms with Gasteiger partial charge in [0.2, 0.25) is 11.7 Å². The normalized spacial score (nSPS) is 10.3. The summed E-state index contributed by atoms with van der Waals surface area (Å²) >= 11 is 0. The fourth-order valence-corrected chi connectivity index (χ4v) is 2.92. The van der Waals surface area contributed by atoms with Crippen LogP contribution in [0.5, 0.6) is 28.7 Å². The predicted octanol–water partition coefficient (Wildman–Crippen LogP) is 4.47. The van der Waals surface area contributed by atoms with Crippen LogP contribution >= 0.6 is 0 Å². The molecule has 0 saturated heterocycles. The topological polar surface area (TPSA) is 75.3 Å². The molecule has 1 amide bonds. The molecule has 0 bridgehead atoms. The van der Waals surface area contributed by atoms with Gasteiger partial charge in [-0.25, -0.2) is 0 Å². The zero-order valence-electron chi connectivity index (χ0n) is 18.4. The molecule has 0 unspecified atom stereocenters. The lowest BCUT2D eigenvalue weighted by molar-refractivity contribution is -0.115. The number of ether oxygens (including phenoxy) is 5. The molecule has 0 aromatic heterocycles. The second-order valence-corrected chi connectivity index (χ2v) is 6.58. The number of amides is 1. The SMILES string of the molecule is CCCOc1ccc(NC(=O)Cc2ccc(OC)c(OC)c2OC)cc1OCCC. The number of carbonyl (C=O) groups is 1. The predicted molar refractivity (Wildman–Crippen MR) is 116 cm³/mol. The maximum absolute atomic E-state index is 12.7. The number of hydrogen-bond donors (Lipinski definition) is 1. The van der Waals surface area contributed by atoms with Crippen LogP contribution < -0.4 is 29.0 Å². The van der Waals surface area contributed by atoms with Gasteiger partial charge < -0.3 is 29.0 Å². The van der Waals surface area contributed by atoms with E-state index in [0.29, 0.717) is 53.2 Å². The molecule has 164 valence electrons. The summed E-state index contributed by atoms with van der Waals surface area (Å²) in [6.45, 7) is 5.26. The van der Waals surface area contributed by atoms with Gasteiger partial charge in [0.15, 0.2) is 23.0 Å². The summed E-state index contributed by atoms with van der Waals surface area (Å²) in [5.41, 5.74) is 1.33. The van der Waals surface area contributed by atoms with E-state index in [4.69, 9.17) is 23.7 Å². The van der Waals surface area contributed by atoms with E-state index in [1.807, 2.05) is 19.9 Å². The lowest BCUT2D eigenvalue weighted by atomic mass is 10.1. The van der Waals surface area contributed by atoms with Crippen LogP contribution in [0.3, 0.4) is 0 Å². The summed E-state index contributed by atoms with van der Waals surface area (Å²) in [5, 5.41) is 2.91. The highest BCUT2D eigenvalue weighted by molar-refractivity contribution is 5.93. The molecule has 2 aromatic rings. The van der Waals surface area contributed by atoms with Crippen LogP contribution in [0, 0.1) is 0 Å². The summed E-state index contributed by atoms with van der Waals surface area (Å²) in [7, 11) is 4.62. The minimum Gasteiger partial charge on any atom is -0.493 e. The standard InChI is InChI=1S/C23H31NO6/c1-6-12-29-18-11-9-17(15-20(18)30-13-7-2)24-21(25)14-16-8-10-19(26-3)23(28-5)22(16)27-4/h8-11,15H,6-7,12-14H2,1-5H3,(H,24,25). The molecule has 30 heavy (non-hydrogen) atoms. The van der Waals surface area contributed by atoms with Crippen molar-refractivity contribution in [2.75, 3.05) is 39.9 Å². The zero-order valence-corrected chi connectivity index (χ0v) is 18.4. The molecule has 0 saturated carbocycles. The molecule has 0 atom stereocenters. The third-order valence-electron chi connectivity index (χ3n) is 4.29. The molecule has 2 aromatic carbocycles. The van der Waals surface area contributed by atoms with Crippen LogP contribution in [-0.2, 0) is 11.2 Å². The number of methoxy groups -OCH3 is 3. The number of nitrogens with one attached hydrogen (secondary N) is 1. The number of benzene rings is 2. The van der Waals surface area contributed by atoms with Crippen molar-refractivity contribution >= 4 is 11.6 Å². The summed E-state index contributed by atoms with van der Waals surface area (Å²) in [5.74, 6) is 2.57. The Hall–Kier alpha value is -3.09. The highest BCUT2D eigenvalue weighted by Gasteiger charge is 2.18. The van der Waals surface area contributed by atoms with Crippen molar-refractivity contribution in [2.45, 2.75) is 33.1 Å². The van der Waals surface area contributed by atoms with Crippen molar-refractivity contribution in [3.8, 4) is 28.7 Å². The number of rotatable bonds is 12. The van der Waals surface area contributed by atoms with Crippen LogP contribution in [-0.4, -0.2) is 40.5 Å². The summed E-state index contributed by atoms with van der Waals surface area (Å²) < 4.78 is 27.7. The van der Waals surface area contributed by atoms with E-state index < -0.39 is 0 Å². The smallest absolute Gasteiger partial charge is 0.228 e. The minimum absolute atomic E-state index is 0.114. The first kappa shape index (κ1) is 23.2. The van der Waals surface area contributed by atoms with Gasteiger partial charge >= 0.3 is 0 Å². The Morgan fingerprint density at radius 2 is 1.43 bits per heavy atom. The van der Waals surface area contributed by atoms with Crippen LogP contribution in [0.1, 0.15) is 32.3 Å². The Labute approximate surface area is 178 Å². The van der Waals surface area contributed by atoms with Gasteiger partial charge in [0.1, 0.15) is 0 Å². The molecule has 1 N–H and O–H groups in total. The monoisotopic (exact) mass is 417 g/mol. The largest absolute Gasteiger partial charge is 0.493 e. The number of carbonyl (C=O) groups excluding carboxylic acids is 1. The highest BCUT2D eigenvalue weighted by atomic mass is 16.5. The van der Waals surface area contributed by atoms with Crippen molar-refractivity contribution in [1.82, 2.24) is 0 Å². The Kier molecular flexibility index (Phi) is 9.12. The van der Waals surface area contributed by atoms with Gasteiger partial charge in [0.25, 0.3) is 0 Å². The van der Waals surface area contributed by atoms with Crippen molar-refractivity contribution < 1.29 is 28.5 Å². The Balaban J connectivity index is 2.18. The molecule has 0 aliphatic carbocycles. The number of anilines is 1. The summed E-state index contributed by atoms with van der Waals surface area (Å²) in [6, 6.07) is 8.93. The van der Waals surface area contributed by atoms with E-state index in [9.17, 15) is 4.79 Å². The van der Waals surface area contributed by atoms with Gasteiger partial charge in [-0.15, -0.1) is 0 Å². The summed E-state index contributed by atoms with van der Waals surface area (Å²) in [6.07, 6.45) is 1.89. The van der Waals surface area contributed by atoms with Crippen LogP contribution in [0.2, 0.25) is 0 Å². The number of hydrogen-bond acceptors (Lipinski definition) is 6. The molecular weight excluding hydrogens is 386 g/mol. The highest BCUT2D eigenvalue weighted by Crippen LogP contribution is 2.40. The second kappa shape index (κ2) is 11.8. The van der Waals surface area contributed by atoms with Crippen LogP contribution in [0.4, 0.5) is 5.69 Å². The van der Waals surface area contributed by atoms with E-state index in [0.717, 1.165) is 12.8 Å². The van der Waals surface area contributed by atoms with Crippen molar-refractivity contribution in [1.29, 1.82) is 0 Å². The first-order valence-electron chi connectivity index (χ1n) is 10.0. The molecule has 0 fully saturated rings. The van der Waals surface area contributed by atoms with E-state index >= 15 is 0 Å². The minimum atomic E-state index is -0.191. The maximum Gasteiger partial charge on any atom is 0.228 e. The Bertz CT molecular complexity index is 837. The molecule has 0 aliphatic heterocycles. The van der Waals surface area contributed by atoms with Gasteiger partial charge in [-0.05, 0) is 31.0 Å². The molecule has 7 heteroatoms.